The van der Waals surface area contributed by atoms with Crippen LogP contribution in [0.25, 0.3) is 17.5 Å². The van der Waals surface area contributed by atoms with Gasteiger partial charge in [0.2, 0.25) is 5.91 Å². The van der Waals surface area contributed by atoms with Gasteiger partial charge in [0, 0.05) is 24.4 Å². The van der Waals surface area contributed by atoms with Gasteiger partial charge in [-0.1, -0.05) is 42.5 Å². The molecule has 1 N–H and O–H groups in total. The molecule has 0 aliphatic carbocycles. The van der Waals surface area contributed by atoms with E-state index in [0.717, 1.165) is 11.1 Å². The lowest BCUT2D eigenvalue weighted by molar-refractivity contribution is -0.111. The second-order valence-corrected chi connectivity index (χ2v) is 4.94. The van der Waals surface area contributed by atoms with Crippen molar-refractivity contribution in [2.75, 3.05) is 5.32 Å². The van der Waals surface area contributed by atoms with Gasteiger partial charge in [0.05, 0.1) is 0 Å². The van der Waals surface area contributed by atoms with Crippen LogP contribution < -0.4 is 5.32 Å². The molecule has 0 aliphatic heterocycles. The Morgan fingerprint density at radius 2 is 1.96 bits per heavy atom. The summed E-state index contributed by atoms with van der Waals surface area (Å²) in [4.78, 5) is 12.0. The van der Waals surface area contributed by atoms with Crippen LogP contribution in [0.3, 0.4) is 0 Å². The minimum atomic E-state index is -0.193. The highest BCUT2D eigenvalue weighted by molar-refractivity contribution is 6.02. The molecular formula is C17H15N5O. The minimum absolute atomic E-state index is 0.193. The first-order valence-corrected chi connectivity index (χ1v) is 7.09. The largest absolute Gasteiger partial charge is 0.322 e. The van der Waals surface area contributed by atoms with E-state index >= 15 is 0 Å². The lowest BCUT2D eigenvalue weighted by atomic mass is 10.2. The number of hydrogen-bond acceptors (Lipinski definition) is 4. The summed E-state index contributed by atoms with van der Waals surface area (Å²) in [5.74, 6) is 0.447. The van der Waals surface area contributed by atoms with E-state index in [9.17, 15) is 4.79 Å². The van der Waals surface area contributed by atoms with Crippen molar-refractivity contribution in [3.8, 4) is 11.4 Å². The molecule has 0 spiro atoms. The third kappa shape index (κ3) is 3.68. The lowest BCUT2D eigenvalue weighted by Crippen LogP contribution is -2.07. The van der Waals surface area contributed by atoms with Gasteiger partial charge in [-0.15, -0.1) is 5.10 Å². The summed E-state index contributed by atoms with van der Waals surface area (Å²) in [6, 6.07) is 17.1. The molecule has 2 aromatic carbocycles. The molecule has 0 saturated carbocycles. The van der Waals surface area contributed by atoms with Gasteiger partial charge in [-0.3, -0.25) is 4.79 Å². The highest BCUT2D eigenvalue weighted by atomic mass is 16.1. The summed E-state index contributed by atoms with van der Waals surface area (Å²) in [5, 5.41) is 14.2. The Morgan fingerprint density at radius 1 is 1.13 bits per heavy atom. The predicted octanol–water partition coefficient (Wildman–Crippen LogP) is 2.53. The fourth-order valence-electron chi connectivity index (χ4n) is 2.13. The van der Waals surface area contributed by atoms with Crippen LogP contribution in [0, 0.1) is 0 Å². The Morgan fingerprint density at radius 3 is 2.70 bits per heavy atom. The van der Waals surface area contributed by atoms with Gasteiger partial charge in [0.1, 0.15) is 0 Å². The number of nitrogens with one attached hydrogen (secondary N) is 1. The topological polar surface area (TPSA) is 72.7 Å². The van der Waals surface area contributed by atoms with Crippen LogP contribution in [-0.4, -0.2) is 26.1 Å². The Hall–Kier alpha value is -3.28. The molecule has 0 saturated heterocycles. The Balaban J connectivity index is 1.72. The van der Waals surface area contributed by atoms with Crippen LogP contribution >= 0.6 is 0 Å². The molecule has 1 heterocycles. The van der Waals surface area contributed by atoms with E-state index in [4.69, 9.17) is 0 Å². The van der Waals surface area contributed by atoms with Crippen molar-refractivity contribution in [2.24, 2.45) is 7.05 Å². The lowest BCUT2D eigenvalue weighted by Gasteiger charge is -2.04. The second-order valence-electron chi connectivity index (χ2n) is 4.94. The Bertz CT molecular complexity index is 839. The molecule has 0 bridgehead atoms. The van der Waals surface area contributed by atoms with Crippen LogP contribution in [0.2, 0.25) is 0 Å². The van der Waals surface area contributed by atoms with E-state index in [-0.39, 0.29) is 5.91 Å². The highest BCUT2D eigenvalue weighted by Crippen LogP contribution is 2.19. The normalized spacial score (nSPS) is 10.8. The molecule has 0 aliphatic rings. The number of aromatic nitrogens is 4. The van der Waals surface area contributed by atoms with Crippen molar-refractivity contribution >= 4 is 17.7 Å². The standard InChI is InChI=1S/C17H15N5O/c1-22-17(19-20-21-22)14-8-5-9-15(12-14)18-16(23)11-10-13-6-3-2-4-7-13/h2-12H,1H3,(H,18,23)/b11-10+. The SMILES string of the molecule is Cn1nnnc1-c1cccc(NC(=O)/C=C/c2ccccc2)c1. The van der Waals surface area contributed by atoms with Gasteiger partial charge in [-0.25, -0.2) is 4.68 Å². The Labute approximate surface area is 133 Å². The number of amides is 1. The van der Waals surface area contributed by atoms with E-state index in [1.807, 2.05) is 54.6 Å². The number of hydrogen-bond donors (Lipinski definition) is 1. The molecule has 23 heavy (non-hydrogen) atoms. The van der Waals surface area contributed by atoms with Crippen LogP contribution in [-0.2, 0) is 11.8 Å². The summed E-state index contributed by atoms with van der Waals surface area (Å²) in [6.45, 7) is 0. The van der Waals surface area contributed by atoms with Crippen LogP contribution in [0.5, 0.6) is 0 Å². The quantitative estimate of drug-likeness (QED) is 0.752. The zero-order valence-corrected chi connectivity index (χ0v) is 12.5. The average molecular weight is 305 g/mol. The maximum atomic E-state index is 12.0. The number of nitrogens with zero attached hydrogens (tertiary/aromatic N) is 4. The van der Waals surface area contributed by atoms with Crippen LogP contribution in [0.15, 0.2) is 60.7 Å². The fourth-order valence-corrected chi connectivity index (χ4v) is 2.13. The smallest absolute Gasteiger partial charge is 0.248 e. The van der Waals surface area contributed by atoms with Crippen LogP contribution in [0.1, 0.15) is 5.56 Å². The molecule has 0 radical (unpaired) electrons. The van der Waals surface area contributed by atoms with Crippen molar-refractivity contribution in [2.45, 2.75) is 0 Å². The highest BCUT2D eigenvalue weighted by Gasteiger charge is 2.07. The summed E-state index contributed by atoms with van der Waals surface area (Å²) in [6.07, 6.45) is 3.28. The summed E-state index contributed by atoms with van der Waals surface area (Å²) in [7, 11) is 1.77. The maximum absolute atomic E-state index is 12.0. The number of tetrazole rings is 1. The molecule has 3 aromatic rings. The summed E-state index contributed by atoms with van der Waals surface area (Å²) < 4.78 is 1.58. The number of carbonyl (C=O) groups excluding carboxylic acids is 1. The third-order valence-electron chi connectivity index (χ3n) is 3.24. The fraction of sp³-hybridized carbons (Fsp3) is 0.0588. The van der Waals surface area contributed by atoms with Crippen LogP contribution in [0.4, 0.5) is 5.69 Å². The van der Waals surface area contributed by atoms with Crippen molar-refractivity contribution in [3.05, 3.63) is 66.2 Å². The van der Waals surface area contributed by atoms with Crippen molar-refractivity contribution in [1.82, 2.24) is 20.2 Å². The van der Waals surface area contributed by atoms with Gasteiger partial charge in [-0.2, -0.15) is 0 Å². The Kier molecular flexibility index (Phi) is 4.24. The van der Waals surface area contributed by atoms with E-state index < -0.39 is 0 Å². The van der Waals surface area contributed by atoms with Gasteiger partial charge >= 0.3 is 0 Å². The molecule has 114 valence electrons. The summed E-state index contributed by atoms with van der Waals surface area (Å²) >= 11 is 0. The van der Waals surface area contributed by atoms with Crippen molar-refractivity contribution in [3.63, 3.8) is 0 Å². The number of benzene rings is 2. The first-order chi connectivity index (χ1) is 11.2. The molecule has 1 aromatic heterocycles. The van der Waals surface area contributed by atoms with E-state index in [2.05, 4.69) is 20.8 Å². The zero-order chi connectivity index (χ0) is 16.1. The van der Waals surface area contributed by atoms with Crippen molar-refractivity contribution in [1.29, 1.82) is 0 Å². The molecule has 6 heteroatoms. The van der Waals surface area contributed by atoms with E-state index in [1.165, 1.54) is 6.08 Å². The number of rotatable bonds is 4. The predicted molar refractivity (Wildman–Crippen MR) is 88.3 cm³/mol. The molecule has 0 unspecified atom stereocenters. The average Bonchev–Trinajstić information content (AvgIpc) is 3.00. The van der Waals surface area contributed by atoms with Gasteiger partial charge in [0.15, 0.2) is 5.82 Å². The molecule has 6 nitrogen and oxygen atoms in total. The zero-order valence-electron chi connectivity index (χ0n) is 12.5. The first-order valence-electron chi connectivity index (χ1n) is 7.09. The molecule has 0 fully saturated rings. The number of aryl methyl sites for hydroxylation is 1. The first kappa shape index (κ1) is 14.6. The molecular weight excluding hydrogens is 290 g/mol. The maximum Gasteiger partial charge on any atom is 0.248 e. The molecule has 3 rings (SSSR count). The van der Waals surface area contributed by atoms with Gasteiger partial charge < -0.3 is 5.32 Å². The molecule has 1 amide bonds. The van der Waals surface area contributed by atoms with Gasteiger partial charge in [-0.05, 0) is 34.2 Å². The monoisotopic (exact) mass is 305 g/mol. The minimum Gasteiger partial charge on any atom is -0.322 e. The molecule has 0 atom stereocenters. The van der Waals surface area contributed by atoms with Crippen molar-refractivity contribution < 1.29 is 4.79 Å². The van der Waals surface area contributed by atoms with Gasteiger partial charge in [0.25, 0.3) is 0 Å². The third-order valence-corrected chi connectivity index (χ3v) is 3.24. The second kappa shape index (κ2) is 6.65. The number of carbonyl (C=O) groups is 1. The summed E-state index contributed by atoms with van der Waals surface area (Å²) in [5.41, 5.74) is 2.50. The van der Waals surface area contributed by atoms with E-state index in [0.29, 0.717) is 11.5 Å². The van der Waals surface area contributed by atoms with E-state index in [1.54, 1.807) is 17.8 Å². The number of anilines is 1.